The van der Waals surface area contributed by atoms with Crippen molar-refractivity contribution in [3.05, 3.63) is 0 Å². The van der Waals surface area contributed by atoms with E-state index in [4.69, 9.17) is 0 Å². The zero-order valence-corrected chi connectivity index (χ0v) is 37.9. The highest BCUT2D eigenvalue weighted by Crippen LogP contribution is 2.18. The van der Waals surface area contributed by atoms with Gasteiger partial charge in [0.1, 0.15) is 12.2 Å². The third-order valence-corrected chi connectivity index (χ3v) is 12.3. The number of carbonyl (C=O) groups excluding carboxylic acids is 1. The Morgan fingerprint density at radius 3 is 0.857 bits per heavy atom. The van der Waals surface area contributed by atoms with Crippen LogP contribution < -0.4 is 5.32 Å². The van der Waals surface area contributed by atoms with Crippen molar-refractivity contribution in [2.75, 3.05) is 6.61 Å². The molecule has 0 radical (unpaired) electrons. The van der Waals surface area contributed by atoms with E-state index in [0.717, 1.165) is 38.5 Å². The predicted octanol–water partition coefficient (Wildman–Crippen LogP) is 14.0. The van der Waals surface area contributed by atoms with Gasteiger partial charge in [0, 0.05) is 0 Å². The van der Waals surface area contributed by atoms with Crippen LogP contribution >= 0.6 is 0 Å². The maximum atomic E-state index is 12.6. The Morgan fingerprint density at radius 1 is 0.375 bits per heavy atom. The molecule has 0 aromatic carbocycles. The summed E-state index contributed by atoms with van der Waals surface area (Å²) >= 11 is 0. The van der Waals surface area contributed by atoms with Crippen molar-refractivity contribution in [2.45, 2.75) is 308 Å². The number of nitrogens with one attached hydrogen (secondary N) is 1. The van der Waals surface area contributed by atoms with Gasteiger partial charge < -0.3 is 25.7 Å². The summed E-state index contributed by atoms with van der Waals surface area (Å²) in [4.78, 5) is 12.6. The Hall–Kier alpha value is -0.690. The average Bonchev–Trinajstić information content (AvgIpc) is 3.20. The summed E-state index contributed by atoms with van der Waals surface area (Å²) in [6.07, 6.45) is 50.1. The summed E-state index contributed by atoms with van der Waals surface area (Å²) in [6, 6.07) is -0.979. The van der Waals surface area contributed by atoms with E-state index in [-0.39, 0.29) is 0 Å². The quantitative estimate of drug-likeness (QED) is 0.0394. The molecule has 0 saturated carbocycles. The number of amides is 1. The summed E-state index contributed by atoms with van der Waals surface area (Å²) in [5.74, 6) is -0.577. The van der Waals surface area contributed by atoms with Crippen LogP contribution in [0, 0.1) is 0 Å². The van der Waals surface area contributed by atoms with Gasteiger partial charge in [-0.1, -0.05) is 271 Å². The normalized spacial score (nSPS) is 13.9. The minimum atomic E-state index is -1.25. The van der Waals surface area contributed by atoms with Gasteiger partial charge in [-0.15, -0.1) is 0 Å². The Bertz CT molecular complexity index is 766. The second kappa shape index (κ2) is 45.4. The lowest BCUT2D eigenvalue weighted by Crippen LogP contribution is -2.53. The van der Waals surface area contributed by atoms with E-state index < -0.39 is 36.9 Å². The SMILES string of the molecule is CCCCCCCCCCCCCCCCCCCCCCCCCCC(O)C(=O)NC(CO)C(O)C(O)CCCCCCCCCCCCCCCCCC. The van der Waals surface area contributed by atoms with E-state index in [2.05, 4.69) is 19.2 Å². The lowest BCUT2D eigenvalue weighted by Gasteiger charge is -2.27. The third kappa shape index (κ3) is 38.8. The van der Waals surface area contributed by atoms with Crippen LogP contribution in [0.4, 0.5) is 0 Å². The number of unbranched alkanes of at least 4 members (excludes halogenated alkanes) is 38. The van der Waals surface area contributed by atoms with Gasteiger partial charge in [-0.25, -0.2) is 0 Å². The molecule has 0 aliphatic heterocycles. The van der Waals surface area contributed by atoms with Gasteiger partial charge in [0.25, 0.3) is 0 Å². The van der Waals surface area contributed by atoms with Gasteiger partial charge in [-0.2, -0.15) is 0 Å². The van der Waals surface area contributed by atoms with Crippen LogP contribution in [0.3, 0.4) is 0 Å². The maximum absolute atomic E-state index is 12.6. The molecule has 336 valence electrons. The van der Waals surface area contributed by atoms with E-state index in [1.807, 2.05) is 0 Å². The molecule has 0 heterocycles. The van der Waals surface area contributed by atoms with Crippen LogP contribution in [0.15, 0.2) is 0 Å². The Morgan fingerprint density at radius 2 is 0.607 bits per heavy atom. The fourth-order valence-corrected chi connectivity index (χ4v) is 8.29. The first-order chi connectivity index (χ1) is 27.5. The molecule has 0 aromatic rings. The first kappa shape index (κ1) is 55.3. The third-order valence-electron chi connectivity index (χ3n) is 12.3. The zero-order valence-electron chi connectivity index (χ0n) is 37.9. The van der Waals surface area contributed by atoms with Crippen molar-refractivity contribution < 1.29 is 25.2 Å². The molecule has 0 fully saturated rings. The number of rotatable bonds is 47. The van der Waals surface area contributed by atoms with Crippen LogP contribution in [0.1, 0.15) is 284 Å². The number of hydrogen-bond acceptors (Lipinski definition) is 5. The maximum Gasteiger partial charge on any atom is 0.249 e. The standard InChI is InChI=1S/C50H101NO5/c1-3-5-7-9-11-13-15-17-19-21-22-23-24-25-26-27-28-30-32-34-36-38-40-42-44-48(54)50(56)51-46(45-52)49(55)47(53)43-41-39-37-35-33-31-29-20-18-16-14-12-10-8-6-4-2/h46-49,52-55H,3-45H2,1-2H3,(H,51,56). The van der Waals surface area contributed by atoms with Crippen LogP contribution in [0.25, 0.3) is 0 Å². The highest BCUT2D eigenvalue weighted by atomic mass is 16.3. The van der Waals surface area contributed by atoms with E-state index >= 15 is 0 Å². The van der Waals surface area contributed by atoms with Crippen molar-refractivity contribution in [1.29, 1.82) is 0 Å². The molecular weight excluding hydrogens is 695 g/mol. The predicted molar refractivity (Wildman–Crippen MR) is 242 cm³/mol. The molecule has 6 heteroatoms. The molecule has 0 aliphatic carbocycles. The molecule has 0 saturated heterocycles. The van der Waals surface area contributed by atoms with E-state index in [1.165, 1.54) is 218 Å². The van der Waals surface area contributed by atoms with Crippen molar-refractivity contribution in [3.63, 3.8) is 0 Å². The highest BCUT2D eigenvalue weighted by molar-refractivity contribution is 5.80. The van der Waals surface area contributed by atoms with Crippen LogP contribution in [-0.4, -0.2) is 57.3 Å². The molecule has 1 amide bonds. The molecular formula is C50H101NO5. The fourth-order valence-electron chi connectivity index (χ4n) is 8.29. The van der Waals surface area contributed by atoms with Gasteiger partial charge in [0.2, 0.25) is 5.91 Å². The Kier molecular flexibility index (Phi) is 44.8. The summed E-state index contributed by atoms with van der Waals surface area (Å²) in [5.41, 5.74) is 0. The second-order valence-electron chi connectivity index (χ2n) is 17.9. The lowest BCUT2D eigenvalue weighted by atomic mass is 9.99. The molecule has 5 N–H and O–H groups in total. The van der Waals surface area contributed by atoms with Crippen molar-refractivity contribution in [3.8, 4) is 0 Å². The fraction of sp³-hybridized carbons (Fsp3) is 0.980. The topological polar surface area (TPSA) is 110 Å². The van der Waals surface area contributed by atoms with Crippen LogP contribution in [-0.2, 0) is 4.79 Å². The summed E-state index contributed by atoms with van der Waals surface area (Å²) in [6.45, 7) is 4.08. The lowest BCUT2D eigenvalue weighted by molar-refractivity contribution is -0.132. The minimum Gasteiger partial charge on any atom is -0.394 e. The molecule has 0 spiro atoms. The van der Waals surface area contributed by atoms with E-state index in [9.17, 15) is 25.2 Å². The highest BCUT2D eigenvalue weighted by Gasteiger charge is 2.28. The van der Waals surface area contributed by atoms with Gasteiger partial charge in [-0.3, -0.25) is 4.79 Å². The zero-order chi connectivity index (χ0) is 41.0. The van der Waals surface area contributed by atoms with Gasteiger partial charge in [0.15, 0.2) is 0 Å². The molecule has 6 nitrogen and oxygen atoms in total. The monoisotopic (exact) mass is 796 g/mol. The first-order valence-electron chi connectivity index (χ1n) is 25.4. The Balaban J connectivity index is 3.61. The summed E-state index contributed by atoms with van der Waals surface area (Å²) in [7, 11) is 0. The molecule has 4 unspecified atom stereocenters. The molecule has 0 aliphatic rings. The first-order valence-corrected chi connectivity index (χ1v) is 25.4. The second-order valence-corrected chi connectivity index (χ2v) is 17.9. The Labute approximate surface area is 350 Å². The number of aliphatic hydroxyl groups is 4. The van der Waals surface area contributed by atoms with E-state index in [0.29, 0.717) is 12.8 Å². The van der Waals surface area contributed by atoms with Crippen molar-refractivity contribution in [1.82, 2.24) is 5.32 Å². The largest absolute Gasteiger partial charge is 0.394 e. The average molecular weight is 796 g/mol. The van der Waals surface area contributed by atoms with E-state index in [1.54, 1.807) is 0 Å². The van der Waals surface area contributed by atoms with Gasteiger partial charge in [0.05, 0.1) is 18.8 Å². The minimum absolute atomic E-state index is 0.376. The molecule has 4 atom stereocenters. The number of carbonyl (C=O) groups is 1. The molecule has 56 heavy (non-hydrogen) atoms. The summed E-state index contributed by atoms with van der Waals surface area (Å²) < 4.78 is 0. The molecule has 0 rings (SSSR count). The van der Waals surface area contributed by atoms with Gasteiger partial charge in [-0.05, 0) is 12.8 Å². The molecule has 0 aromatic heterocycles. The number of aliphatic hydroxyl groups excluding tert-OH is 4. The van der Waals surface area contributed by atoms with Crippen LogP contribution in [0.2, 0.25) is 0 Å². The van der Waals surface area contributed by atoms with Gasteiger partial charge >= 0.3 is 0 Å². The smallest absolute Gasteiger partial charge is 0.249 e. The summed E-state index contributed by atoms with van der Waals surface area (Å²) in [5, 5.41) is 43.9. The molecule has 0 bridgehead atoms. The number of hydrogen-bond donors (Lipinski definition) is 5. The van der Waals surface area contributed by atoms with Crippen molar-refractivity contribution in [2.24, 2.45) is 0 Å². The van der Waals surface area contributed by atoms with Crippen molar-refractivity contribution >= 4 is 5.91 Å². The van der Waals surface area contributed by atoms with Crippen LogP contribution in [0.5, 0.6) is 0 Å².